The first-order chi connectivity index (χ1) is 5.49. The van der Waals surface area contributed by atoms with E-state index >= 15 is 0 Å². The van der Waals surface area contributed by atoms with Crippen LogP contribution in [0.15, 0.2) is 23.4 Å². The highest BCUT2D eigenvalue weighted by Gasteiger charge is 2.08. The number of nitrogens with zero attached hydrogens (tertiary/aromatic N) is 1. The number of carboxylic acids is 1. The Morgan fingerprint density at radius 2 is 2.08 bits per heavy atom. The van der Waals surface area contributed by atoms with Crippen LogP contribution in [-0.4, -0.2) is 16.0 Å². The van der Waals surface area contributed by atoms with Gasteiger partial charge in [0.15, 0.2) is 0 Å². The topological polar surface area (TPSA) is 80.4 Å². The summed E-state index contributed by atoms with van der Waals surface area (Å²) in [6, 6.07) is 0. The van der Waals surface area contributed by atoms with Crippen molar-refractivity contribution in [2.45, 2.75) is 13.8 Å². The Kier molecular flexibility index (Phi) is 3.69. The van der Waals surface area contributed by atoms with E-state index in [1.807, 2.05) is 0 Å². The number of hydrogen-bond acceptors (Lipinski definition) is 3. The molecule has 0 aromatic heterocycles. The third kappa shape index (κ3) is 2.96. The minimum absolute atomic E-state index is 0.0557. The van der Waals surface area contributed by atoms with Gasteiger partial charge >= 0.3 is 5.97 Å². The molecule has 12 heavy (non-hydrogen) atoms. The number of hydrogen-bond donors (Lipinski definition) is 1. The number of carboxylic acid groups (broad SMARTS) is 1. The monoisotopic (exact) mass is 171 g/mol. The fraction of sp³-hybridized carbons (Fsp3) is 0.286. The normalized spacial score (nSPS) is 12.8. The van der Waals surface area contributed by atoms with Gasteiger partial charge in [-0.1, -0.05) is 0 Å². The highest BCUT2D eigenvalue weighted by molar-refractivity contribution is 5.86. The molecule has 0 aliphatic heterocycles. The molecule has 5 heteroatoms. The summed E-state index contributed by atoms with van der Waals surface area (Å²) < 4.78 is 0. The van der Waals surface area contributed by atoms with Gasteiger partial charge in [0, 0.05) is 11.6 Å². The molecule has 0 unspecified atom stereocenters. The largest absolute Gasteiger partial charge is 0.478 e. The predicted octanol–water partition coefficient (Wildman–Crippen LogP) is 1.20. The van der Waals surface area contributed by atoms with Crippen LogP contribution < -0.4 is 0 Å². The van der Waals surface area contributed by atoms with Gasteiger partial charge in [0.05, 0.1) is 4.92 Å². The zero-order valence-corrected chi connectivity index (χ0v) is 6.77. The lowest BCUT2D eigenvalue weighted by Crippen LogP contribution is -2.01. The van der Waals surface area contributed by atoms with Crippen LogP contribution in [-0.2, 0) is 4.79 Å². The first-order valence-corrected chi connectivity index (χ1v) is 3.21. The lowest BCUT2D eigenvalue weighted by molar-refractivity contribution is -0.419. The Labute approximate surface area is 69.2 Å². The van der Waals surface area contributed by atoms with Gasteiger partial charge in [-0.3, -0.25) is 10.1 Å². The number of nitro groups is 1. The smallest absolute Gasteiger partial charge is 0.331 e. The summed E-state index contributed by atoms with van der Waals surface area (Å²) in [5, 5.41) is 18.6. The van der Waals surface area contributed by atoms with Gasteiger partial charge in [0.25, 0.3) is 5.70 Å². The summed E-state index contributed by atoms with van der Waals surface area (Å²) in [7, 11) is 0. The second kappa shape index (κ2) is 4.27. The van der Waals surface area contributed by atoms with E-state index in [1.165, 1.54) is 19.9 Å². The molecule has 0 radical (unpaired) electrons. The molecular weight excluding hydrogens is 162 g/mol. The summed E-state index contributed by atoms with van der Waals surface area (Å²) in [5.74, 6) is -1.16. The summed E-state index contributed by atoms with van der Waals surface area (Å²) in [6.45, 7) is 2.78. The average Bonchev–Trinajstić information content (AvgIpc) is 1.98. The molecule has 5 nitrogen and oxygen atoms in total. The summed E-state index contributed by atoms with van der Waals surface area (Å²) >= 11 is 0. The molecule has 0 saturated carbocycles. The molecule has 0 saturated heterocycles. The van der Waals surface area contributed by atoms with Crippen LogP contribution in [0.5, 0.6) is 0 Å². The lowest BCUT2D eigenvalue weighted by atomic mass is 10.2. The lowest BCUT2D eigenvalue weighted by Gasteiger charge is -1.91. The zero-order valence-electron chi connectivity index (χ0n) is 6.77. The predicted molar refractivity (Wildman–Crippen MR) is 42.1 cm³/mol. The van der Waals surface area contributed by atoms with Crippen LogP contribution in [0.4, 0.5) is 0 Å². The highest BCUT2D eigenvalue weighted by Crippen LogP contribution is 2.02. The van der Waals surface area contributed by atoms with Crippen molar-refractivity contribution in [3.63, 3.8) is 0 Å². The molecule has 1 N–H and O–H groups in total. The Morgan fingerprint density at radius 1 is 1.58 bits per heavy atom. The number of rotatable bonds is 3. The van der Waals surface area contributed by atoms with Crippen LogP contribution in [0, 0.1) is 10.1 Å². The van der Waals surface area contributed by atoms with Crippen LogP contribution in [0.25, 0.3) is 0 Å². The Balaban J connectivity index is 4.72. The molecule has 0 heterocycles. The highest BCUT2D eigenvalue weighted by atomic mass is 16.6. The second-order valence-electron chi connectivity index (χ2n) is 2.10. The Bertz CT molecular complexity index is 265. The van der Waals surface area contributed by atoms with Gasteiger partial charge in [-0.05, 0) is 19.9 Å². The van der Waals surface area contributed by atoms with Gasteiger partial charge < -0.3 is 5.11 Å². The van der Waals surface area contributed by atoms with E-state index in [2.05, 4.69) is 0 Å². The molecule has 0 spiro atoms. The summed E-state index contributed by atoms with van der Waals surface area (Å²) in [4.78, 5) is 19.8. The van der Waals surface area contributed by atoms with Gasteiger partial charge in [0.1, 0.15) is 0 Å². The van der Waals surface area contributed by atoms with Crippen molar-refractivity contribution in [2.24, 2.45) is 0 Å². The van der Waals surface area contributed by atoms with Gasteiger partial charge in [0.2, 0.25) is 0 Å². The molecule has 0 rings (SSSR count). The second-order valence-corrected chi connectivity index (χ2v) is 2.10. The maximum Gasteiger partial charge on any atom is 0.331 e. The van der Waals surface area contributed by atoms with E-state index in [4.69, 9.17) is 5.11 Å². The van der Waals surface area contributed by atoms with Crippen LogP contribution >= 0.6 is 0 Å². The molecule has 0 fully saturated rings. The van der Waals surface area contributed by atoms with Crippen LogP contribution in [0.1, 0.15) is 13.8 Å². The molecule has 0 aromatic rings. The van der Waals surface area contributed by atoms with E-state index in [1.54, 1.807) is 0 Å². The Morgan fingerprint density at radius 3 is 2.33 bits per heavy atom. The van der Waals surface area contributed by atoms with E-state index in [0.29, 0.717) is 0 Å². The van der Waals surface area contributed by atoms with Crippen molar-refractivity contribution in [1.82, 2.24) is 0 Å². The van der Waals surface area contributed by atoms with Gasteiger partial charge in [-0.15, -0.1) is 0 Å². The Hall–Kier alpha value is -1.65. The fourth-order valence-electron chi connectivity index (χ4n) is 0.525. The van der Waals surface area contributed by atoms with Gasteiger partial charge in [-0.2, -0.15) is 0 Å². The van der Waals surface area contributed by atoms with E-state index < -0.39 is 10.9 Å². The molecule has 0 aliphatic rings. The van der Waals surface area contributed by atoms with Crippen LogP contribution in [0.3, 0.4) is 0 Å². The molecule has 66 valence electrons. The fourth-order valence-corrected chi connectivity index (χ4v) is 0.525. The van der Waals surface area contributed by atoms with Crippen LogP contribution in [0.2, 0.25) is 0 Å². The molecule has 0 atom stereocenters. The van der Waals surface area contributed by atoms with Crippen molar-refractivity contribution in [3.05, 3.63) is 33.5 Å². The quantitative estimate of drug-likeness (QED) is 0.299. The van der Waals surface area contributed by atoms with E-state index in [9.17, 15) is 14.9 Å². The minimum atomic E-state index is -1.16. The van der Waals surface area contributed by atoms with Crippen molar-refractivity contribution in [2.75, 3.05) is 0 Å². The number of carbonyl (C=O) groups is 1. The first kappa shape index (κ1) is 10.3. The van der Waals surface area contributed by atoms with E-state index in [-0.39, 0.29) is 11.3 Å². The summed E-state index contributed by atoms with van der Waals surface area (Å²) in [6.07, 6.45) is 2.26. The number of aliphatic carboxylic acids is 1. The summed E-state index contributed by atoms with van der Waals surface area (Å²) in [5.41, 5.74) is -0.269. The number of allylic oxidation sites excluding steroid dienone is 2. The van der Waals surface area contributed by atoms with Gasteiger partial charge in [-0.25, -0.2) is 4.79 Å². The van der Waals surface area contributed by atoms with Crippen molar-refractivity contribution < 1.29 is 14.8 Å². The van der Waals surface area contributed by atoms with Crippen molar-refractivity contribution >= 4 is 5.97 Å². The van der Waals surface area contributed by atoms with E-state index in [0.717, 1.165) is 6.08 Å². The third-order valence-corrected chi connectivity index (χ3v) is 1.21. The maximum atomic E-state index is 10.3. The molecule has 0 aromatic carbocycles. The minimum Gasteiger partial charge on any atom is -0.478 e. The third-order valence-electron chi connectivity index (χ3n) is 1.21. The van der Waals surface area contributed by atoms with Crippen molar-refractivity contribution in [3.8, 4) is 0 Å². The average molecular weight is 171 g/mol. The first-order valence-electron chi connectivity index (χ1n) is 3.21. The van der Waals surface area contributed by atoms with Crippen molar-refractivity contribution in [1.29, 1.82) is 0 Å². The molecular formula is C7H9NO4. The zero-order chi connectivity index (χ0) is 9.72. The SMILES string of the molecule is C/C=C(\C=C(/C)C(=O)O)[N+](=O)[O-]. The molecule has 0 bridgehead atoms. The molecule has 0 amide bonds. The molecule has 0 aliphatic carbocycles. The standard InChI is InChI=1S/C7H9NO4/c1-3-6(8(11)12)4-5(2)7(9)10/h3-4H,1-2H3,(H,9,10)/b5-4+,6-3+. The maximum absolute atomic E-state index is 10.3.